The molecule has 0 saturated heterocycles. The predicted molar refractivity (Wildman–Crippen MR) is 110 cm³/mol. The highest BCUT2D eigenvalue weighted by Crippen LogP contribution is 2.21. The van der Waals surface area contributed by atoms with Crippen LogP contribution in [-0.2, 0) is 11.2 Å². The lowest BCUT2D eigenvalue weighted by atomic mass is 10.1. The van der Waals surface area contributed by atoms with E-state index in [1.54, 1.807) is 37.4 Å². The Labute approximate surface area is 167 Å². The van der Waals surface area contributed by atoms with Crippen molar-refractivity contribution in [2.45, 2.75) is 13.3 Å². The Morgan fingerprint density at radius 1 is 1.03 bits per heavy atom. The second-order valence-electron chi connectivity index (χ2n) is 6.65. The van der Waals surface area contributed by atoms with E-state index >= 15 is 0 Å². The summed E-state index contributed by atoms with van der Waals surface area (Å²) in [5.74, 6) is -0.451. The van der Waals surface area contributed by atoms with Crippen LogP contribution in [0, 0.1) is 6.92 Å². The summed E-state index contributed by atoms with van der Waals surface area (Å²) >= 11 is 0. The number of aromatic nitrogens is 3. The van der Waals surface area contributed by atoms with Crippen molar-refractivity contribution in [2.24, 2.45) is 0 Å². The van der Waals surface area contributed by atoms with Gasteiger partial charge in [0, 0.05) is 12.6 Å². The molecule has 0 amide bonds. The molecule has 0 aliphatic rings. The standard InChI is InChI=1S/C23H19N3O3/c1-15-17(23(28)29-2)10-6-12-20(15)26-21-18(11-7-13-24-21)25-19(22(26)27)14-16-8-4-3-5-9-16/h3-13H,14H2,1-2H3. The predicted octanol–water partition coefficient (Wildman–Crippen LogP) is 3.47. The molecular weight excluding hydrogens is 366 g/mol. The lowest BCUT2D eigenvalue weighted by Crippen LogP contribution is -2.26. The minimum absolute atomic E-state index is 0.259. The van der Waals surface area contributed by atoms with Gasteiger partial charge in [0.25, 0.3) is 5.56 Å². The Bertz CT molecular complexity index is 1260. The van der Waals surface area contributed by atoms with Gasteiger partial charge in [0.05, 0.1) is 18.4 Å². The third-order valence-corrected chi connectivity index (χ3v) is 4.85. The average molecular weight is 385 g/mol. The number of rotatable bonds is 4. The van der Waals surface area contributed by atoms with E-state index in [-0.39, 0.29) is 5.56 Å². The number of carbonyl (C=O) groups is 1. The molecule has 0 saturated carbocycles. The molecule has 0 radical (unpaired) electrons. The van der Waals surface area contributed by atoms with Crippen LogP contribution in [0.4, 0.5) is 0 Å². The summed E-state index contributed by atoms with van der Waals surface area (Å²) in [5, 5.41) is 0. The number of fused-ring (bicyclic) bond motifs is 1. The molecule has 2 heterocycles. The van der Waals surface area contributed by atoms with E-state index in [4.69, 9.17) is 4.74 Å². The maximum absolute atomic E-state index is 13.4. The van der Waals surface area contributed by atoms with Crippen LogP contribution in [0.5, 0.6) is 0 Å². The first-order chi connectivity index (χ1) is 14.1. The molecule has 6 nitrogen and oxygen atoms in total. The van der Waals surface area contributed by atoms with E-state index < -0.39 is 5.97 Å². The van der Waals surface area contributed by atoms with Crippen LogP contribution in [-0.4, -0.2) is 27.6 Å². The number of pyridine rings is 1. The van der Waals surface area contributed by atoms with Crippen LogP contribution in [0.15, 0.2) is 71.7 Å². The highest BCUT2D eigenvalue weighted by Gasteiger charge is 2.18. The molecule has 0 N–H and O–H groups in total. The molecule has 2 aromatic heterocycles. The van der Waals surface area contributed by atoms with E-state index in [0.29, 0.717) is 40.1 Å². The summed E-state index contributed by atoms with van der Waals surface area (Å²) < 4.78 is 6.40. The zero-order valence-corrected chi connectivity index (χ0v) is 16.1. The third-order valence-electron chi connectivity index (χ3n) is 4.85. The number of carbonyl (C=O) groups excluding carboxylic acids is 1. The van der Waals surface area contributed by atoms with Crippen molar-refractivity contribution in [1.82, 2.24) is 14.5 Å². The second kappa shape index (κ2) is 7.67. The quantitative estimate of drug-likeness (QED) is 0.503. The third kappa shape index (κ3) is 3.40. The fourth-order valence-corrected chi connectivity index (χ4v) is 3.39. The van der Waals surface area contributed by atoms with Gasteiger partial charge < -0.3 is 4.74 Å². The zero-order chi connectivity index (χ0) is 20.4. The topological polar surface area (TPSA) is 74.1 Å². The highest BCUT2D eigenvalue weighted by molar-refractivity contribution is 5.92. The highest BCUT2D eigenvalue weighted by atomic mass is 16.5. The molecule has 2 aromatic carbocycles. The van der Waals surface area contributed by atoms with Crippen LogP contribution < -0.4 is 5.56 Å². The van der Waals surface area contributed by atoms with Gasteiger partial charge in [0.15, 0.2) is 5.65 Å². The lowest BCUT2D eigenvalue weighted by Gasteiger charge is -2.15. The minimum Gasteiger partial charge on any atom is -0.465 e. The Balaban J connectivity index is 1.98. The number of methoxy groups -OCH3 is 1. The number of hydrogen-bond donors (Lipinski definition) is 0. The monoisotopic (exact) mass is 385 g/mol. The molecule has 29 heavy (non-hydrogen) atoms. The summed E-state index contributed by atoms with van der Waals surface area (Å²) in [7, 11) is 1.34. The van der Waals surface area contributed by atoms with Gasteiger partial charge in [-0.1, -0.05) is 36.4 Å². The largest absolute Gasteiger partial charge is 0.465 e. The van der Waals surface area contributed by atoms with E-state index in [1.165, 1.54) is 11.7 Å². The molecule has 0 unspecified atom stereocenters. The van der Waals surface area contributed by atoms with E-state index in [2.05, 4.69) is 9.97 Å². The maximum atomic E-state index is 13.4. The Morgan fingerprint density at radius 3 is 2.59 bits per heavy atom. The first-order valence-electron chi connectivity index (χ1n) is 9.19. The van der Waals surface area contributed by atoms with Crippen molar-refractivity contribution in [3.05, 3.63) is 99.6 Å². The molecule has 4 aromatic rings. The molecule has 144 valence electrons. The van der Waals surface area contributed by atoms with E-state index in [9.17, 15) is 9.59 Å². The summed E-state index contributed by atoms with van der Waals surface area (Å²) in [6.45, 7) is 1.79. The number of ether oxygens (including phenoxy) is 1. The van der Waals surface area contributed by atoms with Crippen molar-refractivity contribution < 1.29 is 9.53 Å². The molecule has 0 aliphatic carbocycles. The first kappa shape index (κ1) is 18.6. The van der Waals surface area contributed by atoms with Crippen LogP contribution >= 0.6 is 0 Å². The number of hydrogen-bond acceptors (Lipinski definition) is 5. The second-order valence-corrected chi connectivity index (χ2v) is 6.65. The number of benzene rings is 2. The normalized spacial score (nSPS) is 10.8. The van der Waals surface area contributed by atoms with Crippen molar-refractivity contribution in [2.75, 3.05) is 7.11 Å². The van der Waals surface area contributed by atoms with E-state index in [1.807, 2.05) is 36.4 Å². The Hall–Kier alpha value is -3.80. The van der Waals surface area contributed by atoms with Gasteiger partial charge in [0.1, 0.15) is 11.2 Å². The van der Waals surface area contributed by atoms with Crippen LogP contribution in [0.1, 0.15) is 27.2 Å². The first-order valence-corrected chi connectivity index (χ1v) is 9.19. The van der Waals surface area contributed by atoms with Crippen molar-refractivity contribution in [3.8, 4) is 5.69 Å². The average Bonchev–Trinajstić information content (AvgIpc) is 2.75. The van der Waals surface area contributed by atoms with Crippen LogP contribution in [0.2, 0.25) is 0 Å². The molecule has 0 atom stereocenters. The van der Waals surface area contributed by atoms with Gasteiger partial charge in [-0.2, -0.15) is 0 Å². The van der Waals surface area contributed by atoms with Gasteiger partial charge in [-0.15, -0.1) is 0 Å². The summed E-state index contributed by atoms with van der Waals surface area (Å²) in [6.07, 6.45) is 2.02. The molecular formula is C23H19N3O3. The minimum atomic E-state index is -0.451. The van der Waals surface area contributed by atoms with Crippen molar-refractivity contribution in [3.63, 3.8) is 0 Å². The molecule has 0 aliphatic heterocycles. The van der Waals surface area contributed by atoms with Gasteiger partial charge in [-0.25, -0.2) is 14.8 Å². The fourth-order valence-electron chi connectivity index (χ4n) is 3.39. The summed E-state index contributed by atoms with van der Waals surface area (Å²) in [5.41, 5.74) is 3.84. The zero-order valence-electron chi connectivity index (χ0n) is 16.1. The number of esters is 1. The van der Waals surface area contributed by atoms with Gasteiger partial charge in [0.2, 0.25) is 0 Å². The van der Waals surface area contributed by atoms with Crippen LogP contribution in [0.25, 0.3) is 16.9 Å². The maximum Gasteiger partial charge on any atom is 0.338 e. The number of nitrogens with zero attached hydrogens (tertiary/aromatic N) is 3. The van der Waals surface area contributed by atoms with Crippen LogP contribution in [0.3, 0.4) is 0 Å². The van der Waals surface area contributed by atoms with E-state index in [0.717, 1.165) is 5.56 Å². The van der Waals surface area contributed by atoms with Crippen molar-refractivity contribution >= 4 is 17.1 Å². The lowest BCUT2D eigenvalue weighted by molar-refractivity contribution is 0.0600. The fraction of sp³-hybridized carbons (Fsp3) is 0.130. The summed E-state index contributed by atoms with van der Waals surface area (Å²) in [4.78, 5) is 34.5. The van der Waals surface area contributed by atoms with Crippen molar-refractivity contribution in [1.29, 1.82) is 0 Å². The smallest absolute Gasteiger partial charge is 0.338 e. The molecule has 0 bridgehead atoms. The Morgan fingerprint density at radius 2 is 1.83 bits per heavy atom. The van der Waals surface area contributed by atoms with Gasteiger partial charge in [-0.05, 0) is 42.3 Å². The Kier molecular flexibility index (Phi) is 4.91. The van der Waals surface area contributed by atoms with Gasteiger partial charge in [-0.3, -0.25) is 9.36 Å². The molecule has 0 fully saturated rings. The molecule has 0 spiro atoms. The van der Waals surface area contributed by atoms with Gasteiger partial charge >= 0.3 is 5.97 Å². The summed E-state index contributed by atoms with van der Waals surface area (Å²) in [6, 6.07) is 18.5. The molecule has 6 heteroatoms. The SMILES string of the molecule is COC(=O)c1cccc(-n2c(=O)c(Cc3ccccc3)nc3cccnc32)c1C. The molecule has 4 rings (SSSR count).